The van der Waals surface area contributed by atoms with Crippen molar-refractivity contribution in [2.75, 3.05) is 12.4 Å². The van der Waals surface area contributed by atoms with E-state index >= 15 is 0 Å². The highest BCUT2D eigenvalue weighted by molar-refractivity contribution is 5.84. The van der Waals surface area contributed by atoms with Crippen LogP contribution in [0.5, 0.6) is 5.88 Å². The van der Waals surface area contributed by atoms with Crippen molar-refractivity contribution in [3.05, 3.63) is 18.3 Å². The Bertz CT molecular complexity index is 378. The molecule has 0 saturated heterocycles. The first-order chi connectivity index (χ1) is 8.56. The number of hydrogen-bond donors (Lipinski definition) is 2. The fourth-order valence-electron chi connectivity index (χ4n) is 1.37. The number of carbonyl (C=O) groups is 1. The Labute approximate surface area is 108 Å². The molecule has 0 aliphatic heterocycles. The smallest absolute Gasteiger partial charge is 0.242 e. The van der Waals surface area contributed by atoms with E-state index in [0.29, 0.717) is 5.88 Å². The number of ether oxygens (including phenoxy) is 1. The lowest BCUT2D eigenvalue weighted by atomic mass is 10.2. The molecule has 5 nitrogen and oxygen atoms in total. The van der Waals surface area contributed by atoms with Gasteiger partial charge in [-0.1, -0.05) is 6.92 Å². The van der Waals surface area contributed by atoms with Crippen molar-refractivity contribution in [2.24, 2.45) is 0 Å². The van der Waals surface area contributed by atoms with Gasteiger partial charge in [-0.05, 0) is 26.3 Å². The number of pyridine rings is 1. The van der Waals surface area contributed by atoms with Crippen LogP contribution in [-0.4, -0.2) is 30.1 Å². The molecular formula is C13H21N3O2. The summed E-state index contributed by atoms with van der Waals surface area (Å²) in [5.41, 5.74) is 0.794. The Kier molecular flexibility index (Phi) is 5.42. The van der Waals surface area contributed by atoms with E-state index in [-0.39, 0.29) is 18.0 Å². The summed E-state index contributed by atoms with van der Waals surface area (Å²) in [5, 5.41) is 6.02. The molecule has 0 saturated carbocycles. The molecule has 0 spiro atoms. The van der Waals surface area contributed by atoms with Crippen molar-refractivity contribution < 1.29 is 9.53 Å². The Morgan fingerprint density at radius 2 is 2.17 bits per heavy atom. The van der Waals surface area contributed by atoms with Gasteiger partial charge in [0, 0.05) is 12.1 Å². The summed E-state index contributed by atoms with van der Waals surface area (Å²) in [6.45, 7) is 5.85. The summed E-state index contributed by atoms with van der Waals surface area (Å²) in [6, 6.07) is 3.48. The van der Waals surface area contributed by atoms with Crippen molar-refractivity contribution >= 4 is 11.6 Å². The number of nitrogens with one attached hydrogen (secondary N) is 2. The molecular weight excluding hydrogens is 230 g/mol. The summed E-state index contributed by atoms with van der Waals surface area (Å²) >= 11 is 0. The summed E-state index contributed by atoms with van der Waals surface area (Å²) in [7, 11) is 1.57. The highest BCUT2D eigenvalue weighted by atomic mass is 16.5. The van der Waals surface area contributed by atoms with Crippen LogP contribution in [0.4, 0.5) is 5.69 Å². The molecule has 1 amide bonds. The molecule has 100 valence electrons. The van der Waals surface area contributed by atoms with Crippen LogP contribution in [-0.2, 0) is 4.79 Å². The van der Waals surface area contributed by atoms with Gasteiger partial charge in [0.2, 0.25) is 11.8 Å². The molecule has 1 aromatic heterocycles. The largest absolute Gasteiger partial charge is 0.481 e. The Balaban J connectivity index is 2.52. The number of rotatable bonds is 6. The molecule has 0 aromatic carbocycles. The fraction of sp³-hybridized carbons (Fsp3) is 0.538. The minimum Gasteiger partial charge on any atom is -0.481 e. The zero-order chi connectivity index (χ0) is 13.5. The van der Waals surface area contributed by atoms with Gasteiger partial charge in [-0.2, -0.15) is 0 Å². The van der Waals surface area contributed by atoms with Crippen molar-refractivity contribution in [3.8, 4) is 5.88 Å². The van der Waals surface area contributed by atoms with Crippen molar-refractivity contribution in [1.29, 1.82) is 0 Å². The predicted molar refractivity (Wildman–Crippen MR) is 71.8 cm³/mol. The zero-order valence-corrected chi connectivity index (χ0v) is 11.4. The van der Waals surface area contributed by atoms with Crippen LogP contribution in [0.2, 0.25) is 0 Å². The van der Waals surface area contributed by atoms with Crippen molar-refractivity contribution in [2.45, 2.75) is 39.3 Å². The number of anilines is 1. The molecule has 0 aliphatic carbocycles. The molecule has 0 bridgehead atoms. The second-order valence-corrected chi connectivity index (χ2v) is 4.27. The van der Waals surface area contributed by atoms with Crippen LogP contribution < -0.4 is 15.4 Å². The number of carbonyl (C=O) groups excluding carboxylic acids is 1. The standard InChI is InChI=1S/C13H21N3O2/c1-5-9(2)15-13(17)10(3)16-11-6-7-12(18-4)14-8-11/h6-10,16H,5H2,1-4H3,(H,15,17). The maximum Gasteiger partial charge on any atom is 0.242 e. The minimum atomic E-state index is -0.297. The normalized spacial score (nSPS) is 13.6. The average Bonchev–Trinajstić information content (AvgIpc) is 2.39. The molecule has 0 aliphatic rings. The highest BCUT2D eigenvalue weighted by Crippen LogP contribution is 2.11. The highest BCUT2D eigenvalue weighted by Gasteiger charge is 2.14. The van der Waals surface area contributed by atoms with E-state index in [2.05, 4.69) is 15.6 Å². The Morgan fingerprint density at radius 3 is 2.67 bits per heavy atom. The predicted octanol–water partition coefficient (Wildman–Crippen LogP) is 1.81. The van der Waals surface area contributed by atoms with Gasteiger partial charge in [0.1, 0.15) is 6.04 Å². The molecule has 2 N–H and O–H groups in total. The van der Waals surface area contributed by atoms with Gasteiger partial charge in [0.05, 0.1) is 19.0 Å². The van der Waals surface area contributed by atoms with Crippen LogP contribution in [0.15, 0.2) is 18.3 Å². The van der Waals surface area contributed by atoms with Gasteiger partial charge >= 0.3 is 0 Å². The first-order valence-electron chi connectivity index (χ1n) is 6.13. The van der Waals surface area contributed by atoms with Gasteiger partial charge in [0.25, 0.3) is 0 Å². The second-order valence-electron chi connectivity index (χ2n) is 4.27. The lowest BCUT2D eigenvalue weighted by molar-refractivity contribution is -0.122. The fourth-order valence-corrected chi connectivity index (χ4v) is 1.37. The van der Waals surface area contributed by atoms with E-state index in [1.54, 1.807) is 19.4 Å². The lowest BCUT2D eigenvalue weighted by Crippen LogP contribution is -2.41. The van der Waals surface area contributed by atoms with Crippen LogP contribution in [0.3, 0.4) is 0 Å². The van der Waals surface area contributed by atoms with Crippen LogP contribution in [0.1, 0.15) is 27.2 Å². The molecule has 0 radical (unpaired) electrons. The van der Waals surface area contributed by atoms with Crippen LogP contribution in [0, 0.1) is 0 Å². The topological polar surface area (TPSA) is 63.2 Å². The number of methoxy groups -OCH3 is 1. The maximum absolute atomic E-state index is 11.8. The first-order valence-corrected chi connectivity index (χ1v) is 6.13. The third-order valence-corrected chi connectivity index (χ3v) is 2.72. The maximum atomic E-state index is 11.8. The minimum absolute atomic E-state index is 0.0137. The molecule has 2 atom stereocenters. The summed E-state index contributed by atoms with van der Waals surface area (Å²) in [4.78, 5) is 15.9. The van der Waals surface area contributed by atoms with E-state index < -0.39 is 0 Å². The van der Waals surface area contributed by atoms with Crippen LogP contribution in [0.25, 0.3) is 0 Å². The monoisotopic (exact) mass is 251 g/mol. The van der Waals surface area contributed by atoms with Crippen LogP contribution >= 0.6 is 0 Å². The van der Waals surface area contributed by atoms with Gasteiger partial charge in [-0.15, -0.1) is 0 Å². The third-order valence-electron chi connectivity index (χ3n) is 2.72. The van der Waals surface area contributed by atoms with Crippen molar-refractivity contribution in [1.82, 2.24) is 10.3 Å². The van der Waals surface area contributed by atoms with E-state index in [4.69, 9.17) is 4.74 Å². The van der Waals surface area contributed by atoms with Crippen molar-refractivity contribution in [3.63, 3.8) is 0 Å². The van der Waals surface area contributed by atoms with E-state index in [0.717, 1.165) is 12.1 Å². The van der Waals surface area contributed by atoms with Gasteiger partial charge < -0.3 is 15.4 Å². The number of hydrogen-bond acceptors (Lipinski definition) is 4. The zero-order valence-electron chi connectivity index (χ0n) is 11.4. The Hall–Kier alpha value is -1.78. The van der Waals surface area contributed by atoms with E-state index in [1.807, 2.05) is 26.8 Å². The van der Waals surface area contributed by atoms with Gasteiger partial charge in [0.15, 0.2) is 0 Å². The molecule has 2 unspecified atom stereocenters. The molecule has 5 heteroatoms. The number of aromatic nitrogens is 1. The summed E-state index contributed by atoms with van der Waals surface area (Å²) in [5.74, 6) is 0.539. The lowest BCUT2D eigenvalue weighted by Gasteiger charge is -2.18. The van der Waals surface area contributed by atoms with E-state index in [1.165, 1.54) is 0 Å². The second kappa shape index (κ2) is 6.83. The number of amides is 1. The molecule has 0 fully saturated rings. The Morgan fingerprint density at radius 1 is 1.44 bits per heavy atom. The molecule has 1 aromatic rings. The summed E-state index contributed by atoms with van der Waals surface area (Å²) < 4.78 is 4.97. The third kappa shape index (κ3) is 4.24. The average molecular weight is 251 g/mol. The first kappa shape index (κ1) is 14.3. The SMILES string of the molecule is CCC(C)NC(=O)C(C)Nc1ccc(OC)nc1. The van der Waals surface area contributed by atoms with E-state index in [9.17, 15) is 4.79 Å². The van der Waals surface area contributed by atoms with Gasteiger partial charge in [-0.3, -0.25) is 4.79 Å². The molecule has 1 rings (SSSR count). The molecule has 1 heterocycles. The quantitative estimate of drug-likeness (QED) is 0.809. The number of nitrogens with zero attached hydrogens (tertiary/aromatic N) is 1. The summed E-state index contributed by atoms with van der Waals surface area (Å²) in [6.07, 6.45) is 2.56. The van der Waals surface area contributed by atoms with Gasteiger partial charge in [-0.25, -0.2) is 4.98 Å². The molecule has 18 heavy (non-hydrogen) atoms.